The Morgan fingerprint density at radius 1 is 1.00 bits per heavy atom. The van der Waals surface area contributed by atoms with Crippen LogP contribution >= 0.6 is 11.6 Å². The summed E-state index contributed by atoms with van der Waals surface area (Å²) in [6.45, 7) is 2.03. The molecule has 0 aromatic heterocycles. The molecule has 1 N–H and O–H groups in total. The number of ether oxygens (including phenoxy) is 1. The van der Waals surface area contributed by atoms with E-state index >= 15 is 0 Å². The van der Waals surface area contributed by atoms with Crippen LogP contribution in [-0.2, 0) is 22.4 Å². The van der Waals surface area contributed by atoms with E-state index in [0.717, 1.165) is 35.4 Å². The third kappa shape index (κ3) is 5.82. The second-order valence-corrected chi connectivity index (χ2v) is 7.85. The molecule has 4 heteroatoms. The van der Waals surface area contributed by atoms with Crippen LogP contribution in [-0.4, -0.2) is 17.2 Å². The molecule has 1 heterocycles. The lowest BCUT2D eigenvalue weighted by Gasteiger charge is -2.09. The van der Waals surface area contributed by atoms with E-state index in [4.69, 9.17) is 21.4 Å². The smallest absolute Gasteiger partial charge is 0.335 e. The van der Waals surface area contributed by atoms with Crippen molar-refractivity contribution in [3.05, 3.63) is 69.7 Å². The fraction of sp³-hybridized carbons (Fsp3) is 0.435. The fourth-order valence-electron chi connectivity index (χ4n) is 3.57. The summed E-state index contributed by atoms with van der Waals surface area (Å²) in [6, 6.07) is 14.4. The third-order valence-electron chi connectivity index (χ3n) is 5.17. The topological polar surface area (TPSA) is 49.8 Å². The van der Waals surface area contributed by atoms with E-state index in [-0.39, 0.29) is 6.10 Å². The van der Waals surface area contributed by atoms with E-state index in [1.165, 1.54) is 36.8 Å². The number of aliphatic carboxylic acids is 1. The Morgan fingerprint density at radius 3 is 2.33 bits per heavy atom. The van der Waals surface area contributed by atoms with Crippen LogP contribution in [0.2, 0.25) is 5.02 Å². The first-order chi connectivity index (χ1) is 13.0. The van der Waals surface area contributed by atoms with Crippen molar-refractivity contribution in [1.82, 2.24) is 0 Å². The average molecular weight is 387 g/mol. The van der Waals surface area contributed by atoms with Gasteiger partial charge in [-0.3, -0.25) is 0 Å². The molecule has 1 aliphatic rings. The number of carbonyl (C=O) groups is 1. The summed E-state index contributed by atoms with van der Waals surface area (Å²) in [5.74, 6) is -0.867. The zero-order chi connectivity index (χ0) is 19.2. The largest absolute Gasteiger partial charge is 0.479 e. The molecule has 0 bridgehead atoms. The molecule has 1 fully saturated rings. The second kappa shape index (κ2) is 9.38. The number of aryl methyl sites for hydroxylation is 3. The number of hydrogen-bond acceptors (Lipinski definition) is 2. The molecular weight excluding hydrogens is 360 g/mol. The standard InChI is InChI=1S/C23H27ClO3/c1-16-9-12-18(20(15-16)21-22(27-21)23(25)26)8-6-4-2-3-5-7-17-10-13-19(24)14-11-17/h9-15,21-22H,2-8H2,1H3,(H,25,26). The molecule has 2 unspecified atom stereocenters. The van der Waals surface area contributed by atoms with Crippen molar-refractivity contribution < 1.29 is 14.6 Å². The van der Waals surface area contributed by atoms with Crippen molar-refractivity contribution in [2.75, 3.05) is 0 Å². The minimum Gasteiger partial charge on any atom is -0.479 e. The zero-order valence-corrected chi connectivity index (χ0v) is 16.5. The molecule has 0 aliphatic carbocycles. The molecule has 0 saturated carbocycles. The zero-order valence-electron chi connectivity index (χ0n) is 15.8. The van der Waals surface area contributed by atoms with Crippen LogP contribution in [0, 0.1) is 6.92 Å². The van der Waals surface area contributed by atoms with Gasteiger partial charge in [-0.25, -0.2) is 4.79 Å². The van der Waals surface area contributed by atoms with Crippen molar-refractivity contribution >= 4 is 17.6 Å². The molecule has 1 saturated heterocycles. The minimum absolute atomic E-state index is 0.267. The van der Waals surface area contributed by atoms with Crippen molar-refractivity contribution in [3.8, 4) is 0 Å². The van der Waals surface area contributed by atoms with E-state index in [0.29, 0.717) is 0 Å². The SMILES string of the molecule is Cc1ccc(CCCCCCCc2ccc(Cl)cc2)c(C2OC2C(=O)O)c1. The van der Waals surface area contributed by atoms with Gasteiger partial charge >= 0.3 is 5.97 Å². The molecule has 2 atom stereocenters. The summed E-state index contributed by atoms with van der Waals surface area (Å²) in [5.41, 5.74) is 4.79. The summed E-state index contributed by atoms with van der Waals surface area (Å²) in [4.78, 5) is 11.1. The Balaban J connectivity index is 1.38. The summed E-state index contributed by atoms with van der Waals surface area (Å²) < 4.78 is 5.36. The van der Waals surface area contributed by atoms with Crippen molar-refractivity contribution in [2.24, 2.45) is 0 Å². The van der Waals surface area contributed by atoms with Crippen LogP contribution in [0.1, 0.15) is 60.5 Å². The minimum atomic E-state index is -0.867. The predicted octanol–water partition coefficient (Wildman–Crippen LogP) is 5.91. The highest BCUT2D eigenvalue weighted by molar-refractivity contribution is 6.30. The maximum absolute atomic E-state index is 11.1. The number of carboxylic acid groups (broad SMARTS) is 1. The lowest BCUT2D eigenvalue weighted by atomic mass is 9.95. The third-order valence-corrected chi connectivity index (χ3v) is 5.42. The van der Waals surface area contributed by atoms with Gasteiger partial charge in [0.15, 0.2) is 6.10 Å². The summed E-state index contributed by atoms with van der Waals surface area (Å²) in [5, 5.41) is 9.90. The Hall–Kier alpha value is -1.84. The molecule has 2 aromatic rings. The quantitative estimate of drug-likeness (QED) is 0.408. The molecule has 3 nitrogen and oxygen atoms in total. The van der Waals surface area contributed by atoms with Crippen molar-refractivity contribution in [3.63, 3.8) is 0 Å². The first-order valence-corrected chi connectivity index (χ1v) is 10.1. The molecule has 3 rings (SSSR count). The van der Waals surface area contributed by atoms with Gasteiger partial charge in [0.05, 0.1) is 0 Å². The monoisotopic (exact) mass is 386 g/mol. The van der Waals surface area contributed by atoms with Gasteiger partial charge in [0.2, 0.25) is 0 Å². The van der Waals surface area contributed by atoms with Crippen LogP contribution in [0.5, 0.6) is 0 Å². The molecule has 0 amide bonds. The van der Waals surface area contributed by atoms with Gasteiger partial charge in [-0.1, -0.05) is 66.8 Å². The van der Waals surface area contributed by atoms with Gasteiger partial charge in [-0.05, 0) is 61.4 Å². The highest BCUT2D eigenvalue weighted by atomic mass is 35.5. The van der Waals surface area contributed by atoms with E-state index in [2.05, 4.69) is 30.3 Å². The van der Waals surface area contributed by atoms with E-state index in [9.17, 15) is 4.79 Å². The molecule has 1 aliphatic heterocycles. The molecule has 27 heavy (non-hydrogen) atoms. The lowest BCUT2D eigenvalue weighted by Crippen LogP contribution is -2.06. The first-order valence-electron chi connectivity index (χ1n) is 9.77. The van der Waals surface area contributed by atoms with Crippen molar-refractivity contribution in [2.45, 2.75) is 64.1 Å². The Bertz CT molecular complexity index is 770. The molecule has 144 valence electrons. The van der Waals surface area contributed by atoms with Crippen LogP contribution in [0.3, 0.4) is 0 Å². The van der Waals surface area contributed by atoms with E-state index < -0.39 is 12.1 Å². The highest BCUT2D eigenvalue weighted by Gasteiger charge is 2.47. The number of rotatable bonds is 10. The van der Waals surface area contributed by atoms with Crippen LogP contribution in [0.25, 0.3) is 0 Å². The van der Waals surface area contributed by atoms with Crippen LogP contribution in [0.15, 0.2) is 42.5 Å². The summed E-state index contributed by atoms with van der Waals surface area (Å²) >= 11 is 5.91. The van der Waals surface area contributed by atoms with Crippen LogP contribution in [0.4, 0.5) is 0 Å². The van der Waals surface area contributed by atoms with Gasteiger partial charge in [0.1, 0.15) is 6.10 Å². The van der Waals surface area contributed by atoms with Gasteiger partial charge < -0.3 is 9.84 Å². The fourth-order valence-corrected chi connectivity index (χ4v) is 3.70. The number of benzene rings is 2. The molecular formula is C23H27ClO3. The highest BCUT2D eigenvalue weighted by Crippen LogP contribution is 2.41. The Labute approximate surface area is 166 Å². The summed E-state index contributed by atoms with van der Waals surface area (Å²) in [6.07, 6.45) is 7.14. The number of carboxylic acids is 1. The Morgan fingerprint density at radius 2 is 1.67 bits per heavy atom. The van der Waals surface area contributed by atoms with Gasteiger partial charge in [-0.15, -0.1) is 0 Å². The van der Waals surface area contributed by atoms with Gasteiger partial charge in [-0.2, -0.15) is 0 Å². The maximum atomic E-state index is 11.1. The summed E-state index contributed by atoms with van der Waals surface area (Å²) in [7, 11) is 0. The van der Waals surface area contributed by atoms with Crippen molar-refractivity contribution in [1.29, 1.82) is 0 Å². The maximum Gasteiger partial charge on any atom is 0.335 e. The molecule has 0 radical (unpaired) electrons. The Kier molecular flexibility index (Phi) is 6.92. The van der Waals surface area contributed by atoms with E-state index in [1.54, 1.807) is 0 Å². The number of hydrogen-bond donors (Lipinski definition) is 1. The first kappa shape index (κ1) is 19.9. The molecule has 0 spiro atoms. The van der Waals surface area contributed by atoms with Gasteiger partial charge in [0, 0.05) is 5.02 Å². The van der Waals surface area contributed by atoms with Crippen LogP contribution < -0.4 is 0 Å². The lowest BCUT2D eigenvalue weighted by molar-refractivity contribution is -0.138. The normalized spacial score (nSPS) is 18.4. The number of halogens is 1. The molecule has 2 aromatic carbocycles. The van der Waals surface area contributed by atoms with Gasteiger partial charge in [0.25, 0.3) is 0 Å². The number of epoxide rings is 1. The average Bonchev–Trinajstić information content (AvgIpc) is 3.44. The second-order valence-electron chi connectivity index (χ2n) is 7.41. The predicted molar refractivity (Wildman–Crippen MR) is 108 cm³/mol. The van der Waals surface area contributed by atoms with E-state index in [1.807, 2.05) is 19.1 Å². The number of unbranched alkanes of at least 4 members (excludes halogenated alkanes) is 4.